The van der Waals surface area contributed by atoms with Crippen LogP contribution in [0, 0.1) is 0 Å². The summed E-state index contributed by atoms with van der Waals surface area (Å²) in [6, 6.07) is 0. The summed E-state index contributed by atoms with van der Waals surface area (Å²) in [4.78, 5) is 27.2. The molecule has 0 bridgehead atoms. The van der Waals surface area contributed by atoms with Gasteiger partial charge in [-0.05, 0) is 27.7 Å². The molecule has 7 nitrogen and oxygen atoms in total. The molecule has 1 fully saturated rings. The van der Waals surface area contributed by atoms with Crippen LogP contribution < -0.4 is 0 Å². The topological polar surface area (TPSA) is 65.4 Å². The van der Waals surface area contributed by atoms with E-state index in [4.69, 9.17) is 4.74 Å². The molecule has 0 radical (unpaired) electrons. The molecule has 1 aliphatic heterocycles. The van der Waals surface area contributed by atoms with Crippen LogP contribution in [0.3, 0.4) is 0 Å². The molecule has 1 heterocycles. The normalized spacial score (nSPS) is 17.1. The molecule has 0 atom stereocenters. The molecule has 21 heavy (non-hydrogen) atoms. The molecule has 1 saturated heterocycles. The molecule has 0 unspecified atom stereocenters. The minimum atomic E-state index is -0.477. The average molecular weight is 298 g/mol. The summed E-state index contributed by atoms with van der Waals surface area (Å²) >= 11 is 0. The van der Waals surface area contributed by atoms with E-state index in [9.17, 15) is 9.59 Å². The number of rotatable bonds is 3. The predicted octanol–water partition coefficient (Wildman–Crippen LogP) is 1.35. The Bertz CT molecular complexity index is 396. The van der Waals surface area contributed by atoms with Crippen molar-refractivity contribution in [2.24, 2.45) is 5.10 Å². The highest BCUT2D eigenvalue weighted by molar-refractivity contribution is 5.74. The van der Waals surface area contributed by atoms with Crippen LogP contribution in [0.25, 0.3) is 0 Å². The van der Waals surface area contributed by atoms with Crippen LogP contribution in [0.1, 0.15) is 34.6 Å². The van der Waals surface area contributed by atoms with E-state index in [0.717, 1.165) is 0 Å². The first-order valence-electron chi connectivity index (χ1n) is 7.20. The number of carbonyl (C=O) groups is 2. The first-order chi connectivity index (χ1) is 9.73. The van der Waals surface area contributed by atoms with Crippen molar-refractivity contribution in [1.82, 2.24) is 14.8 Å². The van der Waals surface area contributed by atoms with Crippen LogP contribution in [0.5, 0.6) is 0 Å². The summed E-state index contributed by atoms with van der Waals surface area (Å²) in [5.41, 5.74) is -0.477. The van der Waals surface area contributed by atoms with Crippen molar-refractivity contribution in [3.05, 3.63) is 0 Å². The molecule has 120 valence electrons. The fourth-order valence-corrected chi connectivity index (χ4v) is 1.94. The molecule has 2 amide bonds. The molecule has 1 aliphatic rings. The molecule has 0 aromatic rings. The molecule has 0 aromatic carbocycles. The first-order valence-corrected chi connectivity index (χ1v) is 7.20. The number of ether oxygens (including phenoxy) is 1. The zero-order valence-electron chi connectivity index (χ0n) is 13.6. The van der Waals surface area contributed by atoms with Crippen molar-refractivity contribution in [2.45, 2.75) is 40.2 Å². The Hall–Kier alpha value is -1.63. The van der Waals surface area contributed by atoms with Gasteiger partial charge < -0.3 is 9.64 Å². The summed E-state index contributed by atoms with van der Waals surface area (Å²) in [5, 5.41) is 5.45. The van der Waals surface area contributed by atoms with Crippen LogP contribution in [0.2, 0.25) is 0 Å². The lowest BCUT2D eigenvalue weighted by molar-refractivity contribution is -0.131. The van der Waals surface area contributed by atoms with Crippen molar-refractivity contribution in [3.8, 4) is 0 Å². The van der Waals surface area contributed by atoms with Gasteiger partial charge >= 0.3 is 6.09 Å². The number of carbonyl (C=O) groups excluding carboxylic acids is 2. The summed E-state index contributed by atoms with van der Waals surface area (Å²) in [7, 11) is 0. The van der Waals surface area contributed by atoms with Gasteiger partial charge in [0.1, 0.15) is 5.60 Å². The lowest BCUT2D eigenvalue weighted by Gasteiger charge is -2.36. The summed E-state index contributed by atoms with van der Waals surface area (Å²) in [6.45, 7) is 11.9. The SMILES string of the molecule is C/C=N\N(CN1CCN(C(=O)OC(C)(C)C)CC1)C(C)=O. The number of amides is 2. The van der Waals surface area contributed by atoms with Crippen molar-refractivity contribution in [1.29, 1.82) is 0 Å². The minimum Gasteiger partial charge on any atom is -0.444 e. The van der Waals surface area contributed by atoms with Gasteiger partial charge in [0.05, 0.1) is 6.67 Å². The highest BCUT2D eigenvalue weighted by Gasteiger charge is 2.26. The van der Waals surface area contributed by atoms with Gasteiger partial charge in [-0.1, -0.05) is 0 Å². The summed E-state index contributed by atoms with van der Waals surface area (Å²) in [6.07, 6.45) is 1.32. The van der Waals surface area contributed by atoms with Gasteiger partial charge in [-0.25, -0.2) is 9.80 Å². The Morgan fingerprint density at radius 2 is 1.81 bits per heavy atom. The Kier molecular flexibility index (Phi) is 6.14. The number of hydrazone groups is 1. The van der Waals surface area contributed by atoms with E-state index in [0.29, 0.717) is 32.8 Å². The molecule has 0 saturated carbocycles. The highest BCUT2D eigenvalue weighted by Crippen LogP contribution is 2.12. The Labute approximate surface area is 126 Å². The maximum atomic E-state index is 12.0. The minimum absolute atomic E-state index is 0.0947. The monoisotopic (exact) mass is 298 g/mol. The molecule has 7 heteroatoms. The van der Waals surface area contributed by atoms with Crippen LogP contribution in [0.15, 0.2) is 5.10 Å². The fourth-order valence-electron chi connectivity index (χ4n) is 1.94. The first kappa shape index (κ1) is 17.4. The van der Waals surface area contributed by atoms with Crippen molar-refractivity contribution < 1.29 is 14.3 Å². The molecule has 0 spiro atoms. The fraction of sp³-hybridized carbons (Fsp3) is 0.786. The van der Waals surface area contributed by atoms with Crippen LogP contribution in [-0.2, 0) is 9.53 Å². The van der Waals surface area contributed by atoms with Gasteiger partial charge in [-0.3, -0.25) is 9.69 Å². The zero-order chi connectivity index (χ0) is 16.0. The lowest BCUT2D eigenvalue weighted by Crippen LogP contribution is -2.52. The smallest absolute Gasteiger partial charge is 0.410 e. The van der Waals surface area contributed by atoms with Crippen molar-refractivity contribution >= 4 is 18.2 Å². The van der Waals surface area contributed by atoms with Gasteiger partial charge in [-0.2, -0.15) is 5.10 Å². The summed E-state index contributed by atoms with van der Waals surface area (Å²) < 4.78 is 5.35. The largest absolute Gasteiger partial charge is 0.444 e. The lowest BCUT2D eigenvalue weighted by atomic mass is 10.2. The van der Waals surface area contributed by atoms with Crippen LogP contribution in [0.4, 0.5) is 4.79 Å². The quantitative estimate of drug-likeness (QED) is 0.583. The van der Waals surface area contributed by atoms with E-state index in [1.165, 1.54) is 11.9 Å². The van der Waals surface area contributed by atoms with Crippen molar-refractivity contribution in [3.63, 3.8) is 0 Å². The second-order valence-electron chi connectivity index (χ2n) is 6.02. The molecular weight excluding hydrogens is 272 g/mol. The van der Waals surface area contributed by atoms with E-state index >= 15 is 0 Å². The Morgan fingerprint density at radius 3 is 2.24 bits per heavy atom. The maximum absolute atomic E-state index is 12.0. The second kappa shape index (κ2) is 7.40. The van der Waals surface area contributed by atoms with E-state index in [1.807, 2.05) is 20.8 Å². The third-order valence-electron chi connectivity index (χ3n) is 2.98. The van der Waals surface area contributed by atoms with Crippen LogP contribution in [-0.4, -0.2) is 71.5 Å². The predicted molar refractivity (Wildman–Crippen MR) is 80.9 cm³/mol. The van der Waals surface area contributed by atoms with Crippen molar-refractivity contribution in [2.75, 3.05) is 32.8 Å². The number of piperazine rings is 1. The maximum Gasteiger partial charge on any atom is 0.410 e. The van der Waals surface area contributed by atoms with E-state index < -0.39 is 5.60 Å². The average Bonchev–Trinajstić information content (AvgIpc) is 2.36. The van der Waals surface area contributed by atoms with E-state index in [-0.39, 0.29) is 12.0 Å². The standard InChI is InChI=1S/C14H26N4O3/c1-6-15-18(12(2)19)11-16-7-9-17(10-8-16)13(20)21-14(3,4)5/h6H,7-11H2,1-5H3/b15-6-. The molecule has 0 aromatic heterocycles. The van der Waals surface area contributed by atoms with Gasteiger partial charge in [-0.15, -0.1) is 0 Å². The number of hydrogen-bond acceptors (Lipinski definition) is 5. The highest BCUT2D eigenvalue weighted by atomic mass is 16.6. The van der Waals surface area contributed by atoms with Gasteiger partial charge in [0.15, 0.2) is 0 Å². The van der Waals surface area contributed by atoms with Gasteiger partial charge in [0.25, 0.3) is 0 Å². The third-order valence-corrected chi connectivity index (χ3v) is 2.98. The zero-order valence-corrected chi connectivity index (χ0v) is 13.6. The molecular formula is C14H26N4O3. The molecule has 0 N–H and O–H groups in total. The van der Waals surface area contributed by atoms with Gasteiger partial charge in [0.2, 0.25) is 5.91 Å². The second-order valence-corrected chi connectivity index (χ2v) is 6.02. The molecule has 0 aliphatic carbocycles. The van der Waals surface area contributed by atoms with Crippen LogP contribution >= 0.6 is 0 Å². The van der Waals surface area contributed by atoms with E-state index in [2.05, 4.69) is 10.0 Å². The third kappa shape index (κ3) is 6.12. The molecule has 1 rings (SSSR count). The Morgan fingerprint density at radius 1 is 1.24 bits per heavy atom. The summed E-state index contributed by atoms with van der Waals surface area (Å²) in [5.74, 6) is -0.0947. The number of nitrogens with zero attached hydrogens (tertiary/aromatic N) is 4. The van der Waals surface area contributed by atoms with E-state index in [1.54, 1.807) is 18.0 Å². The Balaban J connectivity index is 2.45. The number of hydrogen-bond donors (Lipinski definition) is 0. The van der Waals surface area contributed by atoms with Gasteiger partial charge in [0, 0.05) is 39.3 Å².